The molecule has 0 spiro atoms. The van der Waals surface area contributed by atoms with Crippen LogP contribution in [0.2, 0.25) is 0 Å². The second-order valence-electron chi connectivity index (χ2n) is 5.03. The number of carbonyl (C=O) groups is 1. The van der Waals surface area contributed by atoms with Gasteiger partial charge >= 0.3 is 5.76 Å². The van der Waals surface area contributed by atoms with Gasteiger partial charge in [-0.25, -0.2) is 8.42 Å². The zero-order chi connectivity index (χ0) is 14.8. The van der Waals surface area contributed by atoms with Crippen LogP contribution in [0.3, 0.4) is 0 Å². The fraction of sp³-hybridized carbons (Fsp3) is 0.417. The first-order valence-corrected chi connectivity index (χ1v) is 7.03. The molecule has 0 unspecified atom stereocenters. The predicted molar refractivity (Wildman–Crippen MR) is 66.9 cm³/mol. The van der Waals surface area contributed by atoms with Crippen molar-refractivity contribution >= 4 is 15.7 Å². The minimum Gasteiger partial charge on any atom is -0.347 e. The summed E-state index contributed by atoms with van der Waals surface area (Å²) in [5.74, 6) is -3.87. The number of sulfone groups is 1. The van der Waals surface area contributed by atoms with Crippen molar-refractivity contribution in [3.05, 3.63) is 29.8 Å². The molecule has 1 amide bonds. The quantitative estimate of drug-likeness (QED) is 0.928. The zero-order valence-corrected chi connectivity index (χ0v) is 11.6. The molecular formula is C12H15F2NO3S. The van der Waals surface area contributed by atoms with Gasteiger partial charge in [-0.3, -0.25) is 4.79 Å². The molecule has 106 valence electrons. The molecule has 0 saturated carbocycles. The number of hydrogen-bond acceptors (Lipinski definition) is 3. The maximum Gasteiger partial charge on any atom is 0.341 e. The van der Waals surface area contributed by atoms with Crippen molar-refractivity contribution < 1.29 is 22.0 Å². The highest BCUT2D eigenvalue weighted by atomic mass is 32.2. The van der Waals surface area contributed by atoms with Crippen molar-refractivity contribution in [2.45, 2.75) is 37.0 Å². The van der Waals surface area contributed by atoms with Gasteiger partial charge in [0.05, 0.1) is 4.90 Å². The molecule has 4 nitrogen and oxygen atoms in total. The Morgan fingerprint density at radius 2 is 1.63 bits per heavy atom. The lowest BCUT2D eigenvalue weighted by atomic mass is 10.1. The molecule has 0 aliphatic rings. The summed E-state index contributed by atoms with van der Waals surface area (Å²) in [7, 11) is -4.62. The summed E-state index contributed by atoms with van der Waals surface area (Å²) in [6.45, 7) is 5.38. The molecule has 7 heteroatoms. The van der Waals surface area contributed by atoms with Crippen LogP contribution in [0, 0.1) is 0 Å². The maximum atomic E-state index is 12.3. The van der Waals surface area contributed by atoms with Crippen molar-refractivity contribution in [3.8, 4) is 0 Å². The Morgan fingerprint density at radius 3 is 2.00 bits per heavy atom. The molecular weight excluding hydrogens is 276 g/mol. The molecule has 0 saturated heterocycles. The van der Waals surface area contributed by atoms with E-state index in [0.29, 0.717) is 0 Å². The minimum atomic E-state index is -4.62. The Morgan fingerprint density at radius 1 is 1.16 bits per heavy atom. The highest BCUT2D eigenvalue weighted by Gasteiger charge is 2.26. The molecule has 1 N–H and O–H groups in total. The third kappa shape index (κ3) is 3.99. The highest BCUT2D eigenvalue weighted by Crippen LogP contribution is 2.18. The van der Waals surface area contributed by atoms with Crippen molar-refractivity contribution in [2.24, 2.45) is 0 Å². The molecule has 19 heavy (non-hydrogen) atoms. The van der Waals surface area contributed by atoms with E-state index in [1.165, 1.54) is 12.1 Å². The third-order valence-electron chi connectivity index (χ3n) is 2.17. The summed E-state index contributed by atoms with van der Waals surface area (Å²) in [4.78, 5) is 11.2. The van der Waals surface area contributed by atoms with Gasteiger partial charge in [-0.2, -0.15) is 8.78 Å². The first kappa shape index (κ1) is 15.6. The first-order chi connectivity index (χ1) is 8.54. The van der Waals surface area contributed by atoms with E-state index in [-0.39, 0.29) is 5.56 Å². The SMILES string of the molecule is CC(C)(C)NC(=O)c1ccc(S(=O)(=O)C(F)F)cc1. The van der Waals surface area contributed by atoms with Crippen molar-refractivity contribution in [1.82, 2.24) is 5.32 Å². The lowest BCUT2D eigenvalue weighted by Gasteiger charge is -2.20. The van der Waals surface area contributed by atoms with Gasteiger partial charge in [0.1, 0.15) is 0 Å². The Kier molecular flexibility index (Phi) is 4.29. The van der Waals surface area contributed by atoms with Crippen molar-refractivity contribution in [2.75, 3.05) is 0 Å². The third-order valence-corrected chi connectivity index (χ3v) is 3.57. The number of carbonyl (C=O) groups excluding carboxylic acids is 1. The molecule has 0 atom stereocenters. The van der Waals surface area contributed by atoms with Crippen LogP contribution in [0.15, 0.2) is 29.2 Å². The van der Waals surface area contributed by atoms with Crippen molar-refractivity contribution in [1.29, 1.82) is 0 Å². The van der Waals surface area contributed by atoms with Crippen LogP contribution in [0.25, 0.3) is 0 Å². The number of halogens is 2. The van der Waals surface area contributed by atoms with Crippen LogP contribution in [0.1, 0.15) is 31.1 Å². The molecule has 0 bridgehead atoms. The second kappa shape index (κ2) is 5.24. The van der Waals surface area contributed by atoms with E-state index in [2.05, 4.69) is 5.32 Å². The lowest BCUT2D eigenvalue weighted by molar-refractivity contribution is 0.0919. The number of benzene rings is 1. The normalized spacial score (nSPS) is 12.5. The average Bonchev–Trinajstić information content (AvgIpc) is 2.26. The molecule has 0 aromatic heterocycles. The van der Waals surface area contributed by atoms with Gasteiger partial charge < -0.3 is 5.32 Å². The van der Waals surface area contributed by atoms with Gasteiger partial charge in [-0.1, -0.05) is 0 Å². The number of rotatable bonds is 3. The standard InChI is InChI=1S/C12H15F2NO3S/c1-12(2,3)15-10(16)8-4-6-9(7-5-8)19(17,18)11(13)14/h4-7,11H,1-3H3,(H,15,16). The topological polar surface area (TPSA) is 63.2 Å². The molecule has 0 aliphatic heterocycles. The Balaban J connectivity index is 2.98. The smallest absolute Gasteiger partial charge is 0.341 e. The first-order valence-electron chi connectivity index (χ1n) is 5.49. The molecule has 1 aromatic carbocycles. The fourth-order valence-corrected chi connectivity index (χ4v) is 2.03. The largest absolute Gasteiger partial charge is 0.347 e. The van der Waals surface area contributed by atoms with Crippen LogP contribution in [0.4, 0.5) is 8.78 Å². The van der Waals surface area contributed by atoms with Crippen LogP contribution >= 0.6 is 0 Å². The van der Waals surface area contributed by atoms with Gasteiger partial charge in [0, 0.05) is 11.1 Å². The van der Waals surface area contributed by atoms with Crippen LogP contribution in [-0.2, 0) is 9.84 Å². The highest BCUT2D eigenvalue weighted by molar-refractivity contribution is 7.91. The Hall–Kier alpha value is -1.50. The van der Waals surface area contributed by atoms with Gasteiger partial charge in [-0.15, -0.1) is 0 Å². The Labute approximate surface area is 110 Å². The maximum absolute atomic E-state index is 12.3. The van der Waals surface area contributed by atoms with Crippen LogP contribution < -0.4 is 5.32 Å². The van der Waals surface area contributed by atoms with E-state index in [1.807, 2.05) is 0 Å². The number of nitrogens with one attached hydrogen (secondary N) is 1. The molecule has 0 heterocycles. The fourth-order valence-electron chi connectivity index (χ4n) is 1.31. The summed E-state index contributed by atoms with van der Waals surface area (Å²) in [6, 6.07) is 4.41. The summed E-state index contributed by atoms with van der Waals surface area (Å²) < 4.78 is 47.0. The van der Waals surface area contributed by atoms with Crippen LogP contribution in [-0.4, -0.2) is 25.6 Å². The number of alkyl halides is 2. The van der Waals surface area contributed by atoms with Crippen molar-refractivity contribution in [3.63, 3.8) is 0 Å². The molecule has 0 fully saturated rings. The predicted octanol–water partition coefficient (Wildman–Crippen LogP) is 2.21. The van der Waals surface area contributed by atoms with E-state index < -0.39 is 31.9 Å². The summed E-state index contributed by atoms with van der Waals surface area (Å²) in [5, 5.41) is 2.68. The van der Waals surface area contributed by atoms with Gasteiger partial charge in [-0.05, 0) is 45.0 Å². The van der Waals surface area contributed by atoms with E-state index in [9.17, 15) is 22.0 Å². The second-order valence-corrected chi connectivity index (χ2v) is 6.95. The van der Waals surface area contributed by atoms with E-state index in [1.54, 1.807) is 20.8 Å². The lowest BCUT2D eigenvalue weighted by Crippen LogP contribution is -2.40. The molecule has 1 aromatic rings. The Bertz CT molecular complexity index is 560. The van der Waals surface area contributed by atoms with Gasteiger partial charge in [0.15, 0.2) is 0 Å². The summed E-state index contributed by atoms with van der Waals surface area (Å²) in [6.07, 6.45) is 0. The van der Waals surface area contributed by atoms with Crippen LogP contribution in [0.5, 0.6) is 0 Å². The van der Waals surface area contributed by atoms with E-state index >= 15 is 0 Å². The monoisotopic (exact) mass is 291 g/mol. The zero-order valence-electron chi connectivity index (χ0n) is 10.8. The summed E-state index contributed by atoms with van der Waals surface area (Å²) in [5.41, 5.74) is -0.228. The van der Waals surface area contributed by atoms with Gasteiger partial charge in [0.25, 0.3) is 5.91 Å². The van der Waals surface area contributed by atoms with E-state index in [4.69, 9.17) is 0 Å². The molecule has 0 radical (unpaired) electrons. The van der Waals surface area contributed by atoms with E-state index in [0.717, 1.165) is 12.1 Å². The summed E-state index contributed by atoms with van der Waals surface area (Å²) >= 11 is 0. The number of amides is 1. The van der Waals surface area contributed by atoms with Gasteiger partial charge in [0.2, 0.25) is 9.84 Å². The number of hydrogen-bond donors (Lipinski definition) is 1. The average molecular weight is 291 g/mol. The molecule has 1 rings (SSSR count). The minimum absolute atomic E-state index is 0.211. The molecule has 0 aliphatic carbocycles.